The van der Waals surface area contributed by atoms with Gasteiger partial charge in [0, 0.05) is 44.0 Å². The molecule has 0 amide bonds. The maximum Gasteiger partial charge on any atom is 0.191 e. The van der Waals surface area contributed by atoms with Crippen LogP contribution in [-0.4, -0.2) is 64.8 Å². The molecule has 3 aliphatic rings. The molecule has 4 rings (SSSR count). The fraction of sp³-hybridized carbons (Fsp3) is 0.667. The number of hydrogen-bond donors (Lipinski definition) is 3. The minimum absolute atomic E-state index is 0.466. The molecule has 0 aromatic heterocycles. The lowest BCUT2D eigenvalue weighted by molar-refractivity contribution is 0.0720. The molecule has 1 aromatic carbocycles. The van der Waals surface area contributed by atoms with Gasteiger partial charge in [-0.2, -0.15) is 11.8 Å². The zero-order valence-electron chi connectivity index (χ0n) is 16.2. The van der Waals surface area contributed by atoms with Crippen LogP contribution in [0.2, 0.25) is 0 Å². The molecule has 0 radical (unpaired) electrons. The van der Waals surface area contributed by atoms with Gasteiger partial charge in [-0.1, -0.05) is 30.3 Å². The van der Waals surface area contributed by atoms with E-state index in [1.165, 1.54) is 31.2 Å². The summed E-state index contributed by atoms with van der Waals surface area (Å²) in [5.41, 5.74) is 0.835. The molecule has 2 bridgehead atoms. The summed E-state index contributed by atoms with van der Waals surface area (Å²) in [6.45, 7) is 1.65. The second-order valence-electron chi connectivity index (χ2n) is 8.31. The van der Waals surface area contributed by atoms with Crippen molar-refractivity contribution in [3.05, 3.63) is 35.9 Å². The van der Waals surface area contributed by atoms with Gasteiger partial charge in [-0.05, 0) is 43.4 Å². The second kappa shape index (κ2) is 8.41. The highest BCUT2D eigenvalue weighted by molar-refractivity contribution is 7.99. The summed E-state index contributed by atoms with van der Waals surface area (Å²) in [5, 5.41) is 17.5. The monoisotopic (exact) mass is 388 g/mol. The van der Waals surface area contributed by atoms with E-state index in [0.717, 1.165) is 30.4 Å². The molecule has 3 atom stereocenters. The number of benzene rings is 1. The van der Waals surface area contributed by atoms with Crippen molar-refractivity contribution in [3.63, 3.8) is 0 Å². The number of aliphatic hydroxyl groups is 1. The van der Waals surface area contributed by atoms with Crippen molar-refractivity contribution in [2.24, 2.45) is 4.99 Å². The number of fused-ring (bicyclic) bond motifs is 2. The first-order valence-corrected chi connectivity index (χ1v) is 11.4. The molecule has 1 aromatic rings. The van der Waals surface area contributed by atoms with E-state index in [-0.39, 0.29) is 0 Å². The van der Waals surface area contributed by atoms with Gasteiger partial charge in [0.1, 0.15) is 0 Å². The lowest BCUT2D eigenvalue weighted by Gasteiger charge is -2.39. The zero-order valence-corrected chi connectivity index (χ0v) is 17.0. The van der Waals surface area contributed by atoms with Crippen LogP contribution < -0.4 is 10.6 Å². The summed E-state index contributed by atoms with van der Waals surface area (Å²) in [6.07, 6.45) is 5.81. The molecule has 148 valence electrons. The molecule has 27 heavy (non-hydrogen) atoms. The van der Waals surface area contributed by atoms with E-state index in [4.69, 9.17) is 0 Å². The van der Waals surface area contributed by atoms with E-state index in [1.54, 1.807) is 0 Å². The summed E-state index contributed by atoms with van der Waals surface area (Å²) >= 11 is 1.83. The maximum atomic E-state index is 10.5. The van der Waals surface area contributed by atoms with Crippen LogP contribution in [0.25, 0.3) is 0 Å². The number of rotatable bonds is 5. The Morgan fingerprint density at radius 3 is 2.63 bits per heavy atom. The van der Waals surface area contributed by atoms with E-state index >= 15 is 0 Å². The Kier molecular flexibility index (Phi) is 5.95. The molecule has 3 fully saturated rings. The number of hydrogen-bond acceptors (Lipinski definition) is 4. The molecular weight excluding hydrogens is 356 g/mol. The Bertz CT molecular complexity index is 633. The summed E-state index contributed by atoms with van der Waals surface area (Å²) in [5.74, 6) is 2.70. The predicted octanol–water partition coefficient (Wildman–Crippen LogP) is 2.21. The van der Waals surface area contributed by atoms with Crippen molar-refractivity contribution in [2.45, 2.75) is 62.4 Å². The minimum Gasteiger partial charge on any atom is -0.387 e. The van der Waals surface area contributed by atoms with Gasteiger partial charge in [0.15, 0.2) is 5.96 Å². The molecular formula is C21H32N4OS. The van der Waals surface area contributed by atoms with Gasteiger partial charge in [-0.25, -0.2) is 0 Å². The van der Waals surface area contributed by atoms with Crippen molar-refractivity contribution in [3.8, 4) is 0 Å². The molecule has 6 heteroatoms. The Labute approximate surface area is 167 Å². The predicted molar refractivity (Wildman–Crippen MR) is 113 cm³/mol. The number of guanidine groups is 1. The van der Waals surface area contributed by atoms with E-state index in [1.807, 2.05) is 18.8 Å². The number of piperidine rings is 1. The molecule has 5 nitrogen and oxygen atoms in total. The number of nitrogens with one attached hydrogen (secondary N) is 2. The van der Waals surface area contributed by atoms with Crippen LogP contribution in [0.3, 0.4) is 0 Å². The van der Waals surface area contributed by atoms with Crippen molar-refractivity contribution in [1.82, 2.24) is 15.5 Å². The van der Waals surface area contributed by atoms with Crippen molar-refractivity contribution < 1.29 is 5.11 Å². The fourth-order valence-corrected chi connectivity index (χ4v) is 6.11. The molecule has 0 aliphatic carbocycles. The van der Waals surface area contributed by atoms with Crippen LogP contribution in [0.4, 0.5) is 0 Å². The molecule has 3 N–H and O–H groups in total. The SMILES string of the molecule is CN=C(NCC1(O)CCSC1)NC1CC2CCC(C1)N2Cc1ccccc1. The normalized spacial score (nSPS) is 34.0. The van der Waals surface area contributed by atoms with Crippen molar-refractivity contribution >= 4 is 17.7 Å². The maximum absolute atomic E-state index is 10.5. The summed E-state index contributed by atoms with van der Waals surface area (Å²) in [7, 11) is 1.82. The van der Waals surface area contributed by atoms with Gasteiger partial charge in [0.25, 0.3) is 0 Å². The average Bonchev–Trinajstić information content (AvgIpc) is 3.20. The molecule has 3 unspecified atom stereocenters. The smallest absolute Gasteiger partial charge is 0.191 e. The Morgan fingerprint density at radius 2 is 2.00 bits per heavy atom. The number of thioether (sulfide) groups is 1. The first-order valence-electron chi connectivity index (χ1n) is 10.2. The van der Waals surface area contributed by atoms with E-state index in [2.05, 4.69) is 50.9 Å². The van der Waals surface area contributed by atoms with Gasteiger partial charge < -0.3 is 15.7 Å². The fourth-order valence-electron chi connectivity index (χ4n) is 4.82. The first-order chi connectivity index (χ1) is 13.1. The Hall–Kier alpha value is -1.24. The van der Waals surface area contributed by atoms with Crippen LogP contribution in [0.5, 0.6) is 0 Å². The van der Waals surface area contributed by atoms with Crippen molar-refractivity contribution in [2.75, 3.05) is 25.1 Å². The van der Waals surface area contributed by atoms with Gasteiger partial charge in [0.05, 0.1) is 5.60 Å². The molecule has 0 spiro atoms. The molecule has 3 aliphatic heterocycles. The third-order valence-electron chi connectivity index (χ3n) is 6.32. The Balaban J connectivity index is 1.30. The van der Waals surface area contributed by atoms with Gasteiger partial charge >= 0.3 is 0 Å². The number of aliphatic imine (C=N–C) groups is 1. The highest BCUT2D eigenvalue weighted by atomic mass is 32.2. The Morgan fingerprint density at radius 1 is 1.26 bits per heavy atom. The van der Waals surface area contributed by atoms with Gasteiger partial charge in [0.2, 0.25) is 0 Å². The van der Waals surface area contributed by atoms with Gasteiger partial charge in [-0.3, -0.25) is 9.89 Å². The number of nitrogens with zero attached hydrogens (tertiary/aromatic N) is 2. The zero-order chi connectivity index (χ0) is 18.7. The third-order valence-corrected chi connectivity index (χ3v) is 7.56. The van der Waals surface area contributed by atoms with Crippen LogP contribution in [-0.2, 0) is 6.54 Å². The highest BCUT2D eigenvalue weighted by Gasteiger charge is 2.41. The van der Waals surface area contributed by atoms with Crippen LogP contribution in [0.15, 0.2) is 35.3 Å². The van der Waals surface area contributed by atoms with Crippen molar-refractivity contribution in [1.29, 1.82) is 0 Å². The largest absolute Gasteiger partial charge is 0.387 e. The highest BCUT2D eigenvalue weighted by Crippen LogP contribution is 2.36. The minimum atomic E-state index is -0.583. The van der Waals surface area contributed by atoms with E-state index in [0.29, 0.717) is 24.7 Å². The second-order valence-corrected chi connectivity index (χ2v) is 9.41. The topological polar surface area (TPSA) is 59.9 Å². The van der Waals surface area contributed by atoms with Crippen LogP contribution >= 0.6 is 11.8 Å². The summed E-state index contributed by atoms with van der Waals surface area (Å²) < 4.78 is 0. The molecule has 0 saturated carbocycles. The summed E-state index contributed by atoms with van der Waals surface area (Å²) in [4.78, 5) is 7.10. The first kappa shape index (κ1) is 19.1. The van der Waals surface area contributed by atoms with E-state index < -0.39 is 5.60 Å². The quantitative estimate of drug-likeness (QED) is 0.533. The summed E-state index contributed by atoms with van der Waals surface area (Å²) in [6, 6.07) is 12.6. The standard InChI is InChI=1S/C21H32N4OS/c1-22-20(23-14-21(26)9-10-27-15-21)24-17-11-18-7-8-19(12-17)25(18)13-16-5-3-2-4-6-16/h2-6,17-19,26H,7-15H2,1H3,(H2,22,23,24). The molecule has 3 saturated heterocycles. The molecule has 3 heterocycles. The van der Waals surface area contributed by atoms with Crippen LogP contribution in [0, 0.1) is 0 Å². The van der Waals surface area contributed by atoms with Crippen LogP contribution in [0.1, 0.15) is 37.7 Å². The lowest BCUT2D eigenvalue weighted by Crippen LogP contribution is -2.54. The van der Waals surface area contributed by atoms with Gasteiger partial charge in [-0.15, -0.1) is 0 Å². The lowest BCUT2D eigenvalue weighted by atomic mass is 9.96. The van der Waals surface area contributed by atoms with E-state index in [9.17, 15) is 5.11 Å². The third kappa shape index (κ3) is 4.61. The average molecular weight is 389 g/mol.